The van der Waals surface area contributed by atoms with Crippen molar-refractivity contribution >= 4 is 27.7 Å². The summed E-state index contributed by atoms with van der Waals surface area (Å²) in [5.74, 6) is 1.91. The molecule has 0 aromatic heterocycles. The number of amides is 1. The van der Waals surface area contributed by atoms with Gasteiger partial charge in [-0.3, -0.25) is 4.79 Å². The van der Waals surface area contributed by atoms with Crippen LogP contribution in [0.25, 0.3) is 0 Å². The van der Waals surface area contributed by atoms with Crippen molar-refractivity contribution in [1.82, 2.24) is 10.0 Å². The summed E-state index contributed by atoms with van der Waals surface area (Å²) >= 11 is 1.55. The molecular formula is C23H30N2O6S2. The molecule has 0 saturated heterocycles. The average molecular weight is 495 g/mol. The van der Waals surface area contributed by atoms with Crippen LogP contribution in [0.15, 0.2) is 41.3 Å². The van der Waals surface area contributed by atoms with Gasteiger partial charge in [0.25, 0.3) is 0 Å². The molecule has 1 atom stereocenters. The summed E-state index contributed by atoms with van der Waals surface area (Å²) in [6.45, 7) is 3.13. The van der Waals surface area contributed by atoms with Crippen LogP contribution in [0.4, 0.5) is 0 Å². The zero-order valence-electron chi connectivity index (χ0n) is 19.1. The largest absolute Gasteiger partial charge is 0.496 e. The van der Waals surface area contributed by atoms with Crippen LogP contribution >= 0.6 is 11.8 Å². The van der Waals surface area contributed by atoms with Crippen molar-refractivity contribution in [2.75, 3.05) is 38.9 Å². The Labute approximate surface area is 199 Å². The van der Waals surface area contributed by atoms with E-state index in [0.717, 1.165) is 16.9 Å². The predicted octanol–water partition coefficient (Wildman–Crippen LogP) is 2.53. The summed E-state index contributed by atoms with van der Waals surface area (Å²) in [5.41, 5.74) is 2.08. The van der Waals surface area contributed by atoms with Crippen molar-refractivity contribution in [2.45, 2.75) is 30.7 Å². The van der Waals surface area contributed by atoms with Crippen LogP contribution in [-0.4, -0.2) is 59.2 Å². The number of methoxy groups -OCH3 is 1. The fourth-order valence-corrected chi connectivity index (χ4v) is 5.19. The Hall–Kier alpha value is -2.43. The molecule has 33 heavy (non-hydrogen) atoms. The summed E-state index contributed by atoms with van der Waals surface area (Å²) in [5, 5.41) is 2.86. The number of nitrogens with one attached hydrogen (secondary N) is 2. The van der Waals surface area contributed by atoms with Crippen LogP contribution in [0.2, 0.25) is 0 Å². The Morgan fingerprint density at radius 3 is 2.64 bits per heavy atom. The highest BCUT2D eigenvalue weighted by Gasteiger charge is 2.27. The van der Waals surface area contributed by atoms with Gasteiger partial charge in [0.05, 0.1) is 12.0 Å². The Bertz CT molecular complexity index is 1070. The fraction of sp³-hybridized carbons (Fsp3) is 0.435. The van der Waals surface area contributed by atoms with Crippen LogP contribution in [0.5, 0.6) is 17.2 Å². The van der Waals surface area contributed by atoms with Crippen molar-refractivity contribution in [1.29, 1.82) is 0 Å². The lowest BCUT2D eigenvalue weighted by Crippen LogP contribution is -2.47. The molecule has 0 radical (unpaired) electrons. The molecule has 2 aromatic rings. The second kappa shape index (κ2) is 11.6. The lowest BCUT2D eigenvalue weighted by atomic mass is 10.1. The number of hydrogen-bond donors (Lipinski definition) is 2. The second-order valence-electron chi connectivity index (χ2n) is 7.62. The van der Waals surface area contributed by atoms with E-state index in [1.165, 1.54) is 12.1 Å². The molecule has 0 aliphatic carbocycles. The third-order valence-electron chi connectivity index (χ3n) is 5.18. The smallest absolute Gasteiger partial charge is 0.241 e. The Morgan fingerprint density at radius 1 is 1.15 bits per heavy atom. The molecule has 0 bridgehead atoms. The highest BCUT2D eigenvalue weighted by Crippen LogP contribution is 2.32. The van der Waals surface area contributed by atoms with E-state index in [2.05, 4.69) is 10.0 Å². The predicted molar refractivity (Wildman–Crippen MR) is 129 cm³/mol. The van der Waals surface area contributed by atoms with Crippen molar-refractivity contribution in [3.8, 4) is 17.2 Å². The lowest BCUT2D eigenvalue weighted by Gasteiger charge is -2.21. The minimum atomic E-state index is -3.94. The maximum atomic E-state index is 13.0. The molecule has 2 aromatic carbocycles. The molecule has 1 aliphatic heterocycles. The maximum Gasteiger partial charge on any atom is 0.241 e. The van der Waals surface area contributed by atoms with Gasteiger partial charge in [0, 0.05) is 12.6 Å². The molecule has 0 spiro atoms. The molecular weight excluding hydrogens is 464 g/mol. The summed E-state index contributed by atoms with van der Waals surface area (Å²) in [7, 11) is -2.33. The molecule has 0 saturated carbocycles. The molecule has 1 aliphatic rings. The van der Waals surface area contributed by atoms with Gasteiger partial charge in [-0.05, 0) is 55.5 Å². The highest BCUT2D eigenvalue weighted by molar-refractivity contribution is 7.98. The van der Waals surface area contributed by atoms with Crippen LogP contribution in [-0.2, 0) is 21.2 Å². The number of thioether (sulfide) groups is 1. The van der Waals surface area contributed by atoms with Crippen molar-refractivity contribution in [2.24, 2.45) is 0 Å². The molecule has 3 rings (SSSR count). The zero-order chi connectivity index (χ0) is 23.8. The Morgan fingerprint density at radius 2 is 1.91 bits per heavy atom. The molecule has 1 amide bonds. The third kappa shape index (κ3) is 6.78. The Balaban J connectivity index is 1.67. The van der Waals surface area contributed by atoms with Gasteiger partial charge in [0.1, 0.15) is 25.0 Å². The van der Waals surface area contributed by atoms with Crippen molar-refractivity contribution in [3.63, 3.8) is 0 Å². The van der Waals surface area contributed by atoms with E-state index < -0.39 is 16.1 Å². The molecule has 1 heterocycles. The first-order valence-electron chi connectivity index (χ1n) is 10.7. The number of hydrogen-bond acceptors (Lipinski definition) is 7. The second-order valence-corrected chi connectivity index (χ2v) is 10.3. The summed E-state index contributed by atoms with van der Waals surface area (Å²) < 4.78 is 44.9. The lowest BCUT2D eigenvalue weighted by molar-refractivity contribution is -0.122. The van der Waals surface area contributed by atoms with E-state index in [4.69, 9.17) is 14.2 Å². The number of ether oxygens (including phenoxy) is 3. The van der Waals surface area contributed by atoms with E-state index in [9.17, 15) is 13.2 Å². The normalized spacial score (nSPS) is 13.9. The van der Waals surface area contributed by atoms with Crippen molar-refractivity contribution in [3.05, 3.63) is 47.5 Å². The van der Waals surface area contributed by atoms with Crippen LogP contribution in [0.1, 0.15) is 17.5 Å². The van der Waals surface area contributed by atoms with Gasteiger partial charge < -0.3 is 19.5 Å². The van der Waals surface area contributed by atoms with Crippen molar-refractivity contribution < 1.29 is 27.4 Å². The topological polar surface area (TPSA) is 103 Å². The van der Waals surface area contributed by atoms with Gasteiger partial charge in [-0.2, -0.15) is 16.5 Å². The van der Waals surface area contributed by atoms with Gasteiger partial charge in [-0.25, -0.2) is 8.42 Å². The quantitative estimate of drug-likeness (QED) is 0.495. The number of sulfonamides is 1. The first kappa shape index (κ1) is 25.2. The summed E-state index contributed by atoms with van der Waals surface area (Å²) in [6.07, 6.45) is 2.85. The van der Waals surface area contributed by atoms with E-state index in [1.807, 2.05) is 31.4 Å². The number of carbonyl (C=O) groups is 1. The van der Waals surface area contributed by atoms with Crippen LogP contribution in [0.3, 0.4) is 0 Å². The molecule has 8 nitrogen and oxygen atoms in total. The summed E-state index contributed by atoms with van der Waals surface area (Å²) in [4.78, 5) is 12.9. The first-order valence-corrected chi connectivity index (χ1v) is 13.5. The van der Waals surface area contributed by atoms with E-state index in [0.29, 0.717) is 49.9 Å². The first-order chi connectivity index (χ1) is 15.8. The zero-order valence-corrected chi connectivity index (χ0v) is 20.7. The summed E-state index contributed by atoms with van der Waals surface area (Å²) in [6, 6.07) is 9.42. The average Bonchev–Trinajstić information content (AvgIpc) is 2.81. The minimum Gasteiger partial charge on any atom is -0.496 e. The number of fused-ring (bicyclic) bond motifs is 1. The highest BCUT2D eigenvalue weighted by atomic mass is 32.2. The molecule has 10 heteroatoms. The molecule has 0 fully saturated rings. The number of aryl methyl sites for hydroxylation is 1. The Kier molecular flexibility index (Phi) is 8.87. The van der Waals surface area contributed by atoms with Gasteiger partial charge in [0.2, 0.25) is 15.9 Å². The maximum absolute atomic E-state index is 13.0. The monoisotopic (exact) mass is 494 g/mol. The third-order valence-corrected chi connectivity index (χ3v) is 7.29. The standard InChI is InChI=1S/C23H30N2O6S2/c1-16-4-6-20(29-2)17(14-16)8-10-24-23(26)19(9-13-32-3)25-33(27,28)18-5-7-21-22(15-18)31-12-11-30-21/h4-7,14-15,19,25H,8-13H2,1-3H3,(H,24,26). The van der Waals surface area contributed by atoms with Gasteiger partial charge in [0.15, 0.2) is 11.5 Å². The minimum absolute atomic E-state index is 0.0261. The number of rotatable bonds is 11. The van der Waals surface area contributed by atoms with E-state index in [-0.39, 0.29) is 10.8 Å². The number of benzene rings is 2. The number of carbonyl (C=O) groups excluding carboxylic acids is 1. The van der Waals surface area contributed by atoms with E-state index >= 15 is 0 Å². The van der Waals surface area contributed by atoms with Gasteiger partial charge in [-0.15, -0.1) is 0 Å². The molecule has 2 N–H and O–H groups in total. The van der Waals surface area contributed by atoms with E-state index in [1.54, 1.807) is 24.9 Å². The SMILES string of the molecule is COc1ccc(C)cc1CCNC(=O)C(CCSC)NS(=O)(=O)c1ccc2c(c1)OCCO2. The molecule has 1 unspecified atom stereocenters. The van der Waals surface area contributed by atoms with Crippen LogP contribution in [0, 0.1) is 6.92 Å². The van der Waals surface area contributed by atoms with Gasteiger partial charge >= 0.3 is 0 Å². The fourth-order valence-electron chi connectivity index (χ4n) is 3.47. The van der Waals surface area contributed by atoms with Crippen LogP contribution < -0.4 is 24.2 Å². The van der Waals surface area contributed by atoms with Gasteiger partial charge in [-0.1, -0.05) is 17.7 Å². The molecule has 180 valence electrons.